The molecular formula is C37H29N. The first-order valence-electron chi connectivity index (χ1n) is 12.9. The normalized spacial score (nSPS) is 11.1. The fourth-order valence-corrected chi connectivity index (χ4v) is 5.20. The van der Waals surface area contributed by atoms with Crippen molar-refractivity contribution in [3.8, 4) is 22.3 Å². The average Bonchev–Trinajstić information content (AvgIpc) is 3.29. The maximum absolute atomic E-state index is 3.89. The van der Waals surface area contributed by atoms with E-state index >= 15 is 0 Å². The summed E-state index contributed by atoms with van der Waals surface area (Å²) in [6, 6.07) is 39.5. The van der Waals surface area contributed by atoms with Crippen LogP contribution in [0, 0.1) is 0 Å². The highest BCUT2D eigenvalue weighted by Gasteiger charge is 2.14. The zero-order valence-electron chi connectivity index (χ0n) is 21.4. The zero-order chi connectivity index (χ0) is 26.1. The van der Waals surface area contributed by atoms with Crippen LogP contribution in [0.25, 0.3) is 62.3 Å². The molecule has 38 heavy (non-hydrogen) atoms. The van der Waals surface area contributed by atoms with Gasteiger partial charge in [-0.15, -0.1) is 0 Å². The van der Waals surface area contributed by atoms with Crippen molar-refractivity contribution in [1.29, 1.82) is 0 Å². The molecule has 6 rings (SSSR count). The van der Waals surface area contributed by atoms with Gasteiger partial charge < -0.3 is 4.57 Å². The SMILES string of the molecule is C=Cc1ccc(Cn2c3ccc(-c4ccc(C=C)cc4)cc3c3cc(-c4ccc(C=C)cc4)ccc32)cc1. The van der Waals surface area contributed by atoms with Gasteiger partial charge in [0, 0.05) is 28.4 Å². The minimum Gasteiger partial charge on any atom is -0.336 e. The van der Waals surface area contributed by atoms with Crippen LogP contribution in [-0.2, 0) is 6.54 Å². The van der Waals surface area contributed by atoms with E-state index in [4.69, 9.17) is 0 Å². The maximum Gasteiger partial charge on any atom is 0.0494 e. The minimum absolute atomic E-state index is 0.804. The summed E-state index contributed by atoms with van der Waals surface area (Å²) in [7, 11) is 0. The van der Waals surface area contributed by atoms with Crippen molar-refractivity contribution >= 4 is 40.0 Å². The van der Waals surface area contributed by atoms with Crippen molar-refractivity contribution in [1.82, 2.24) is 4.57 Å². The second-order valence-electron chi connectivity index (χ2n) is 9.65. The standard InChI is InChI=1S/C37H29N/c1-4-26-7-9-29(10-8-26)25-38-36-21-19-32(30-15-11-27(5-2)12-16-30)23-34(36)35-24-33(20-22-37(35)38)31-17-13-28(6-3)14-18-31/h4-24H,1-3,25H2. The molecule has 0 aliphatic heterocycles. The second-order valence-corrected chi connectivity index (χ2v) is 9.65. The van der Waals surface area contributed by atoms with E-state index in [0.29, 0.717) is 0 Å². The Balaban J connectivity index is 1.53. The molecule has 5 aromatic carbocycles. The number of hydrogen-bond acceptors (Lipinski definition) is 0. The van der Waals surface area contributed by atoms with Crippen molar-refractivity contribution in [3.63, 3.8) is 0 Å². The molecule has 0 aliphatic carbocycles. The zero-order valence-corrected chi connectivity index (χ0v) is 21.4. The van der Waals surface area contributed by atoms with E-state index in [2.05, 4.69) is 133 Å². The summed E-state index contributed by atoms with van der Waals surface area (Å²) >= 11 is 0. The molecule has 0 radical (unpaired) electrons. The fraction of sp³-hybridized carbons (Fsp3) is 0.0270. The van der Waals surface area contributed by atoms with Gasteiger partial charge in [-0.1, -0.05) is 123 Å². The smallest absolute Gasteiger partial charge is 0.0494 e. The Morgan fingerprint density at radius 1 is 0.447 bits per heavy atom. The molecule has 0 saturated heterocycles. The Morgan fingerprint density at radius 2 is 0.816 bits per heavy atom. The lowest BCUT2D eigenvalue weighted by atomic mass is 9.99. The second kappa shape index (κ2) is 9.88. The Hall–Kier alpha value is -4.88. The lowest BCUT2D eigenvalue weighted by Crippen LogP contribution is -1.99. The summed E-state index contributed by atoms with van der Waals surface area (Å²) in [5, 5.41) is 2.52. The highest BCUT2D eigenvalue weighted by molar-refractivity contribution is 6.10. The summed E-state index contributed by atoms with van der Waals surface area (Å²) in [6.07, 6.45) is 5.65. The van der Waals surface area contributed by atoms with Crippen molar-refractivity contribution in [2.45, 2.75) is 6.54 Å². The fourth-order valence-electron chi connectivity index (χ4n) is 5.20. The molecule has 1 aromatic heterocycles. The third-order valence-electron chi connectivity index (χ3n) is 7.38. The van der Waals surface area contributed by atoms with E-state index in [1.807, 2.05) is 18.2 Å². The Bertz CT molecular complexity index is 1690. The van der Waals surface area contributed by atoms with Crippen molar-refractivity contribution in [2.24, 2.45) is 0 Å². The molecule has 0 N–H and O–H groups in total. The van der Waals surface area contributed by atoms with Crippen LogP contribution >= 0.6 is 0 Å². The summed E-state index contributed by atoms with van der Waals surface area (Å²) in [5.41, 5.74) is 12.0. The first kappa shape index (κ1) is 23.5. The van der Waals surface area contributed by atoms with Gasteiger partial charge in [0.1, 0.15) is 0 Å². The van der Waals surface area contributed by atoms with E-state index in [9.17, 15) is 0 Å². The van der Waals surface area contributed by atoms with E-state index in [0.717, 1.165) is 23.2 Å². The third kappa shape index (κ3) is 4.29. The molecule has 0 unspecified atom stereocenters. The number of hydrogen-bond donors (Lipinski definition) is 0. The highest BCUT2D eigenvalue weighted by Crippen LogP contribution is 2.36. The van der Waals surface area contributed by atoms with Crippen LogP contribution in [-0.4, -0.2) is 4.57 Å². The average molecular weight is 488 g/mol. The van der Waals surface area contributed by atoms with Gasteiger partial charge in [0.05, 0.1) is 0 Å². The lowest BCUT2D eigenvalue weighted by Gasteiger charge is -2.09. The van der Waals surface area contributed by atoms with Crippen LogP contribution in [0.4, 0.5) is 0 Å². The first-order chi connectivity index (χ1) is 18.7. The van der Waals surface area contributed by atoms with Gasteiger partial charge in [0.25, 0.3) is 0 Å². The lowest BCUT2D eigenvalue weighted by molar-refractivity contribution is 0.869. The van der Waals surface area contributed by atoms with Gasteiger partial charge in [0.2, 0.25) is 0 Å². The number of rotatable bonds is 7. The molecule has 1 heterocycles. The van der Waals surface area contributed by atoms with Crippen LogP contribution < -0.4 is 0 Å². The Morgan fingerprint density at radius 3 is 1.21 bits per heavy atom. The van der Waals surface area contributed by atoms with Crippen molar-refractivity contribution in [2.75, 3.05) is 0 Å². The van der Waals surface area contributed by atoms with Crippen LogP contribution in [0.2, 0.25) is 0 Å². The van der Waals surface area contributed by atoms with Gasteiger partial charge in [-0.05, 0) is 68.8 Å². The summed E-state index contributed by atoms with van der Waals surface area (Å²) in [5.74, 6) is 0. The van der Waals surface area contributed by atoms with E-state index in [1.165, 1.54) is 49.6 Å². The van der Waals surface area contributed by atoms with Crippen LogP contribution in [0.3, 0.4) is 0 Å². The van der Waals surface area contributed by atoms with Gasteiger partial charge in [-0.25, -0.2) is 0 Å². The molecular weight excluding hydrogens is 458 g/mol. The van der Waals surface area contributed by atoms with Crippen LogP contribution in [0.15, 0.2) is 129 Å². The molecule has 0 aliphatic rings. The number of nitrogens with zero attached hydrogens (tertiary/aromatic N) is 1. The van der Waals surface area contributed by atoms with Gasteiger partial charge in [-0.3, -0.25) is 0 Å². The predicted octanol–water partition coefficient (Wildman–Crippen LogP) is 10.1. The molecule has 182 valence electrons. The van der Waals surface area contributed by atoms with E-state index in [-0.39, 0.29) is 0 Å². The summed E-state index contributed by atoms with van der Waals surface area (Å²) in [6.45, 7) is 12.5. The minimum atomic E-state index is 0.804. The molecule has 0 atom stereocenters. The third-order valence-corrected chi connectivity index (χ3v) is 7.38. The molecule has 0 spiro atoms. The monoisotopic (exact) mass is 487 g/mol. The Labute approximate surface area is 224 Å². The molecule has 0 bridgehead atoms. The quantitative estimate of drug-likeness (QED) is 0.211. The molecule has 6 aromatic rings. The number of benzene rings is 5. The maximum atomic E-state index is 3.89. The molecule has 0 fully saturated rings. The predicted molar refractivity (Wildman–Crippen MR) is 166 cm³/mol. The number of fused-ring (bicyclic) bond motifs is 3. The molecule has 0 amide bonds. The highest BCUT2D eigenvalue weighted by atomic mass is 15.0. The van der Waals surface area contributed by atoms with Crippen molar-refractivity contribution < 1.29 is 0 Å². The summed E-state index contributed by atoms with van der Waals surface area (Å²) in [4.78, 5) is 0. The Kier molecular flexibility index (Phi) is 6.11. The molecule has 1 nitrogen and oxygen atoms in total. The van der Waals surface area contributed by atoms with Gasteiger partial charge >= 0.3 is 0 Å². The van der Waals surface area contributed by atoms with Gasteiger partial charge in [-0.2, -0.15) is 0 Å². The van der Waals surface area contributed by atoms with E-state index < -0.39 is 0 Å². The topological polar surface area (TPSA) is 4.93 Å². The first-order valence-corrected chi connectivity index (χ1v) is 12.9. The molecule has 1 heteroatoms. The van der Waals surface area contributed by atoms with Crippen molar-refractivity contribution in [3.05, 3.63) is 151 Å². The number of aromatic nitrogens is 1. The van der Waals surface area contributed by atoms with Crippen LogP contribution in [0.1, 0.15) is 22.3 Å². The largest absolute Gasteiger partial charge is 0.336 e. The van der Waals surface area contributed by atoms with E-state index in [1.54, 1.807) is 0 Å². The molecule has 0 saturated carbocycles. The van der Waals surface area contributed by atoms with Crippen LogP contribution in [0.5, 0.6) is 0 Å². The summed E-state index contributed by atoms with van der Waals surface area (Å²) < 4.78 is 2.43. The van der Waals surface area contributed by atoms with Gasteiger partial charge in [0.15, 0.2) is 0 Å².